The van der Waals surface area contributed by atoms with Crippen molar-refractivity contribution in [1.29, 1.82) is 0 Å². The Morgan fingerprint density at radius 1 is 1.80 bits per heavy atom. The molecule has 0 radical (unpaired) electrons. The van der Waals surface area contributed by atoms with Crippen LogP contribution in [0.25, 0.3) is 0 Å². The number of carbonyl (C=O) groups is 1. The number of amides is 1. The molecule has 0 bridgehead atoms. The summed E-state index contributed by atoms with van der Waals surface area (Å²) in [5.41, 5.74) is 0. The van der Waals surface area contributed by atoms with Crippen LogP contribution in [-0.4, -0.2) is 42.7 Å². The zero-order chi connectivity index (χ0) is 11.3. The summed E-state index contributed by atoms with van der Waals surface area (Å²) in [7, 11) is 2.00. The van der Waals surface area contributed by atoms with Gasteiger partial charge in [0, 0.05) is 0 Å². The fraction of sp³-hybridized carbons (Fsp3) is 0.800. The van der Waals surface area contributed by atoms with Gasteiger partial charge < -0.3 is 0 Å². The first kappa shape index (κ1) is 11.2. The van der Waals surface area contributed by atoms with Crippen molar-refractivity contribution in [1.82, 2.24) is 10.2 Å². The topological polar surface area (TPSA) is 44.7 Å². The van der Waals surface area contributed by atoms with Gasteiger partial charge in [0.1, 0.15) is 0 Å². The fourth-order valence-electron chi connectivity index (χ4n) is 1.81. The third-order valence-corrected chi connectivity index (χ3v) is 3.13. The Morgan fingerprint density at radius 3 is 3.00 bits per heavy atom. The molecule has 1 fully saturated rings. The van der Waals surface area contributed by atoms with Crippen molar-refractivity contribution in [3.63, 3.8) is 0 Å². The minimum absolute atomic E-state index is 0.0550. The molecule has 1 aliphatic heterocycles. The van der Waals surface area contributed by atoms with Crippen LogP contribution in [0.2, 0.25) is 0 Å². The third kappa shape index (κ3) is 2.77. The molecule has 2 atom stereocenters. The van der Waals surface area contributed by atoms with Gasteiger partial charge in [0.25, 0.3) is 0 Å². The van der Waals surface area contributed by atoms with Crippen molar-refractivity contribution in [3.05, 3.63) is 0 Å². The number of hydrogen-bond donors (Lipinski definition) is 1. The maximum absolute atomic E-state index is 11.9. The molecule has 1 rings (SSSR count). The molecule has 0 aromatic rings. The summed E-state index contributed by atoms with van der Waals surface area (Å²) in [5, 5.41) is 6.90. The molecular formula is C10H18LrN3O. The van der Waals surface area contributed by atoms with Gasteiger partial charge in [-0.25, -0.2) is 0 Å². The molecule has 1 aliphatic rings. The number of nitrogens with one attached hydrogen (secondary N) is 1. The second-order valence-corrected chi connectivity index (χ2v) is 4.43. The summed E-state index contributed by atoms with van der Waals surface area (Å²) < 4.78 is 2.11. The molecule has 1 N–H and O–H groups in total. The predicted octanol–water partition coefficient (Wildman–Crippen LogP) is 0.510. The maximum atomic E-state index is 11.9. The van der Waals surface area contributed by atoms with Crippen LogP contribution in [0.4, 0.5) is 0 Å². The number of carbonyl (C=O) groups excluding carboxylic acids is 1. The van der Waals surface area contributed by atoms with E-state index < -0.39 is 0 Å². The zero-order valence-electron chi connectivity index (χ0n) is 9.12. The summed E-state index contributed by atoms with van der Waals surface area (Å²) in [4.78, 5) is 14.0. The minimum atomic E-state index is 0.0550. The number of nitrogens with zero attached hydrogens (tertiary/aromatic N) is 2. The van der Waals surface area contributed by atoms with Crippen LogP contribution < -0.4 is 5.32 Å². The van der Waals surface area contributed by atoms with Crippen LogP contribution in [0, 0.1) is 0 Å². The average Bonchev–Trinajstić information content (AvgIpc) is 2.63. The number of likely N-dealkylation sites (tertiary alicyclic amines) is 1. The quantitative estimate of drug-likeness (QED) is 0.625. The van der Waals surface area contributed by atoms with Crippen LogP contribution in [0.1, 0.15) is 26.2 Å². The first-order chi connectivity index (χ1) is 7.19. The van der Waals surface area contributed by atoms with Gasteiger partial charge in [-0.2, -0.15) is 0 Å². The summed E-state index contributed by atoms with van der Waals surface area (Å²) in [6.07, 6.45) is 4.74. The van der Waals surface area contributed by atoms with E-state index in [9.17, 15) is 4.79 Å². The molecule has 1 saturated heterocycles. The van der Waals surface area contributed by atoms with Gasteiger partial charge in [-0.05, 0) is 0 Å². The van der Waals surface area contributed by atoms with E-state index in [1.807, 2.05) is 14.0 Å². The molecule has 0 saturated carbocycles. The first-order valence-electron chi connectivity index (χ1n) is 5.28. The molecule has 0 unspecified atom stereocenters. The SMILES string of the molecule is CC[C@@H](/C=[N]/[Lr])NC(=O)[C@@H]1CCCN1C. The van der Waals surface area contributed by atoms with Crippen molar-refractivity contribution in [3.8, 4) is 0 Å². The first-order valence-corrected chi connectivity index (χ1v) is 6.25. The van der Waals surface area contributed by atoms with E-state index in [-0.39, 0.29) is 18.0 Å². The second kappa shape index (κ2) is 5.10. The molecule has 0 aromatic heterocycles. The Bertz CT molecular complexity index is 245. The summed E-state index contributed by atoms with van der Waals surface area (Å²) in [5.74, 6) is 0.134. The number of rotatable bonds is 4. The predicted molar refractivity (Wildman–Crippen MR) is 56.4 cm³/mol. The van der Waals surface area contributed by atoms with Crippen LogP contribution >= 0.6 is 0 Å². The van der Waals surface area contributed by atoms with Gasteiger partial charge in [0.05, 0.1) is 0 Å². The van der Waals surface area contributed by atoms with E-state index in [0.29, 0.717) is 0 Å². The molecule has 0 aliphatic carbocycles. The molecule has 94 valence electrons. The van der Waals surface area contributed by atoms with E-state index in [1.165, 1.54) is 0 Å². The van der Waals surface area contributed by atoms with Crippen LogP contribution in [0.3, 0.4) is 0 Å². The fourth-order valence-corrected chi connectivity index (χ4v) is 2.20. The van der Waals surface area contributed by atoms with Gasteiger partial charge >= 0.3 is 84.4 Å². The van der Waals surface area contributed by atoms with Crippen LogP contribution in [-0.2, 0) is 4.79 Å². The zero-order valence-corrected chi connectivity index (χ0v) is 11.3. The van der Waals surface area contributed by atoms with Crippen molar-refractivity contribution in [2.45, 2.75) is 38.3 Å². The summed E-state index contributed by atoms with van der Waals surface area (Å²) >= 11 is 0. The third-order valence-electron chi connectivity index (χ3n) is 2.81. The van der Waals surface area contributed by atoms with Gasteiger partial charge in [-0.15, -0.1) is 0 Å². The Kier molecular flexibility index (Phi) is 3.80. The summed E-state index contributed by atoms with van der Waals surface area (Å²) in [6, 6.07) is 0.121. The van der Waals surface area contributed by atoms with Crippen molar-refractivity contribution >= 4 is 12.1 Å². The number of hydrogen-bond acceptors (Lipinski definition) is 3. The van der Waals surface area contributed by atoms with Gasteiger partial charge in [0.15, 0.2) is 0 Å². The van der Waals surface area contributed by atoms with Crippen molar-refractivity contribution < 1.29 is 4.79 Å². The van der Waals surface area contributed by atoms with Gasteiger partial charge in [0.2, 0.25) is 0 Å². The molecule has 0 aromatic carbocycles. The Morgan fingerprint density at radius 2 is 2.53 bits per heavy atom. The molecule has 5 heteroatoms. The average molecular weight is 458 g/mol. The monoisotopic (exact) mass is 458 g/mol. The number of likely N-dealkylation sites (N-methyl/N-ethyl adjacent to an activating group) is 1. The van der Waals surface area contributed by atoms with E-state index in [2.05, 4.69) is 15.6 Å². The molecule has 1 heterocycles. The van der Waals surface area contributed by atoms with Crippen molar-refractivity contribution in [2.24, 2.45) is 5.41 Å². The Balaban J connectivity index is 2.46. The van der Waals surface area contributed by atoms with Gasteiger partial charge in [-0.1, -0.05) is 0 Å². The normalized spacial score (nSPS) is 24.7. The molecule has 0 spiro atoms. The Hall–Kier alpha value is -1.90. The Labute approximate surface area is 85.2 Å². The van der Waals surface area contributed by atoms with E-state index in [1.54, 1.807) is 6.21 Å². The molecular weight excluding hydrogens is 440 g/mol. The van der Waals surface area contributed by atoms with E-state index in [4.69, 9.17) is 0 Å². The standard InChI is InChI=1S/C10H18N3O.Lr/c1-3-8(7-11)12-10(14)9-5-4-6-13(9)2;/h7-9H,3-6H2,1-2H3,(H,12,14);/q-1;+1/t8-,9-;/m0./s1. The molecule has 15 heavy (non-hydrogen) atoms. The van der Waals surface area contributed by atoms with E-state index >= 15 is 0 Å². The molecule has 1 amide bonds. The van der Waals surface area contributed by atoms with Crippen LogP contribution in [0.15, 0.2) is 5.41 Å². The van der Waals surface area contributed by atoms with Gasteiger partial charge in [-0.3, -0.25) is 0 Å². The van der Waals surface area contributed by atoms with E-state index in [0.717, 1.165) is 25.8 Å². The molecule has 4 nitrogen and oxygen atoms in total. The van der Waals surface area contributed by atoms with Crippen LogP contribution in [0.5, 0.6) is 0 Å². The summed E-state index contributed by atoms with van der Waals surface area (Å²) in [6.45, 7) is 3.06. The second-order valence-electron chi connectivity index (χ2n) is 3.88. The van der Waals surface area contributed by atoms with Crippen molar-refractivity contribution in [2.75, 3.05) is 13.6 Å².